The molecular weight excluding hydrogens is 368 g/mol. The summed E-state index contributed by atoms with van der Waals surface area (Å²) in [5, 5.41) is 8.54. The number of nitrogens with one attached hydrogen (secondary N) is 1. The van der Waals surface area contributed by atoms with Crippen molar-refractivity contribution in [2.24, 2.45) is 5.10 Å². The number of benzene rings is 2. The Morgan fingerprint density at radius 2 is 1.90 bits per heavy atom. The summed E-state index contributed by atoms with van der Waals surface area (Å²) < 4.78 is 5.26. The predicted molar refractivity (Wildman–Crippen MR) is 111 cm³/mol. The number of hydrogen-bond acceptors (Lipinski definition) is 5. The number of aryl methyl sites for hydroxylation is 2. The van der Waals surface area contributed by atoms with Crippen molar-refractivity contribution in [2.45, 2.75) is 26.7 Å². The molecule has 3 aromatic rings. The van der Waals surface area contributed by atoms with E-state index < -0.39 is 0 Å². The van der Waals surface area contributed by atoms with Gasteiger partial charge >= 0.3 is 0 Å². The molecule has 0 radical (unpaired) electrons. The van der Waals surface area contributed by atoms with E-state index >= 15 is 0 Å². The number of hydrazone groups is 1. The Hall–Kier alpha value is -3.74. The van der Waals surface area contributed by atoms with E-state index in [0.717, 1.165) is 16.7 Å². The van der Waals surface area contributed by atoms with Gasteiger partial charge in [-0.15, -0.1) is 0 Å². The molecule has 0 fully saturated rings. The SMILES string of the molecule is Cc1ccc(C)c(N2N=C(C(=O)Nc3ccc(-c4cnco4)cc3)CCC2=O)c1. The van der Waals surface area contributed by atoms with Crippen molar-refractivity contribution in [3.8, 4) is 11.3 Å². The fraction of sp³-hybridized carbons (Fsp3) is 0.182. The van der Waals surface area contributed by atoms with Crippen LogP contribution in [0.3, 0.4) is 0 Å². The van der Waals surface area contributed by atoms with Gasteiger partial charge in [-0.2, -0.15) is 5.10 Å². The van der Waals surface area contributed by atoms with Crippen molar-refractivity contribution in [3.05, 3.63) is 66.2 Å². The number of aromatic nitrogens is 1. The molecule has 1 aromatic heterocycles. The number of carbonyl (C=O) groups excluding carboxylic acids is 2. The molecule has 7 nitrogen and oxygen atoms in total. The van der Waals surface area contributed by atoms with Crippen LogP contribution in [0.4, 0.5) is 11.4 Å². The lowest BCUT2D eigenvalue weighted by atomic mass is 10.1. The molecule has 1 aliphatic heterocycles. The molecule has 0 unspecified atom stereocenters. The third-order valence-corrected chi connectivity index (χ3v) is 4.75. The number of rotatable bonds is 4. The molecule has 29 heavy (non-hydrogen) atoms. The predicted octanol–water partition coefficient (Wildman–Crippen LogP) is 4.08. The van der Waals surface area contributed by atoms with Crippen LogP contribution in [-0.4, -0.2) is 22.5 Å². The van der Waals surface area contributed by atoms with Gasteiger partial charge in [0.1, 0.15) is 5.71 Å². The van der Waals surface area contributed by atoms with Gasteiger partial charge < -0.3 is 9.73 Å². The molecule has 2 amide bonds. The first-order valence-corrected chi connectivity index (χ1v) is 9.29. The van der Waals surface area contributed by atoms with Crippen LogP contribution in [0.25, 0.3) is 11.3 Å². The smallest absolute Gasteiger partial charge is 0.271 e. The van der Waals surface area contributed by atoms with E-state index in [9.17, 15) is 9.59 Å². The molecule has 0 bridgehead atoms. The van der Waals surface area contributed by atoms with Crippen LogP contribution < -0.4 is 10.3 Å². The van der Waals surface area contributed by atoms with Gasteiger partial charge in [0, 0.05) is 24.1 Å². The van der Waals surface area contributed by atoms with Gasteiger partial charge in [-0.3, -0.25) is 9.59 Å². The van der Waals surface area contributed by atoms with Crippen molar-refractivity contribution in [1.29, 1.82) is 0 Å². The number of anilines is 2. The minimum absolute atomic E-state index is 0.119. The quantitative estimate of drug-likeness (QED) is 0.729. The summed E-state index contributed by atoms with van der Waals surface area (Å²) in [6.07, 6.45) is 3.55. The summed E-state index contributed by atoms with van der Waals surface area (Å²) in [5.74, 6) is 0.217. The highest BCUT2D eigenvalue weighted by Gasteiger charge is 2.26. The zero-order valence-corrected chi connectivity index (χ0v) is 16.2. The van der Waals surface area contributed by atoms with Gasteiger partial charge in [0.15, 0.2) is 12.2 Å². The van der Waals surface area contributed by atoms with Gasteiger partial charge in [-0.25, -0.2) is 9.99 Å². The van der Waals surface area contributed by atoms with Crippen molar-refractivity contribution >= 4 is 28.9 Å². The lowest BCUT2D eigenvalue weighted by Gasteiger charge is -2.24. The van der Waals surface area contributed by atoms with E-state index in [0.29, 0.717) is 29.3 Å². The Labute approximate surface area is 168 Å². The maximum absolute atomic E-state index is 12.7. The summed E-state index contributed by atoms with van der Waals surface area (Å²) in [6.45, 7) is 3.87. The Balaban J connectivity index is 1.53. The fourth-order valence-corrected chi connectivity index (χ4v) is 3.13. The maximum Gasteiger partial charge on any atom is 0.271 e. The second-order valence-corrected chi connectivity index (χ2v) is 6.94. The topological polar surface area (TPSA) is 87.8 Å². The highest BCUT2D eigenvalue weighted by Crippen LogP contribution is 2.26. The van der Waals surface area contributed by atoms with E-state index in [2.05, 4.69) is 15.4 Å². The van der Waals surface area contributed by atoms with E-state index in [1.54, 1.807) is 18.3 Å². The molecule has 0 atom stereocenters. The number of carbonyl (C=O) groups is 2. The zero-order valence-electron chi connectivity index (χ0n) is 16.2. The molecule has 2 heterocycles. The average molecular weight is 388 g/mol. The average Bonchev–Trinajstić information content (AvgIpc) is 3.26. The minimum atomic E-state index is -0.319. The number of oxazole rings is 1. The largest absolute Gasteiger partial charge is 0.444 e. The second-order valence-electron chi connectivity index (χ2n) is 6.94. The van der Waals surface area contributed by atoms with Crippen LogP contribution in [0.15, 0.2) is 64.6 Å². The molecule has 146 valence electrons. The van der Waals surface area contributed by atoms with E-state index in [1.807, 2.05) is 44.2 Å². The molecule has 0 spiro atoms. The third-order valence-electron chi connectivity index (χ3n) is 4.75. The van der Waals surface area contributed by atoms with Gasteiger partial charge in [-0.05, 0) is 55.3 Å². The first kappa shape index (κ1) is 18.6. The molecule has 1 N–H and O–H groups in total. The molecule has 4 rings (SSSR count). The summed E-state index contributed by atoms with van der Waals surface area (Å²) in [6, 6.07) is 13.1. The summed E-state index contributed by atoms with van der Waals surface area (Å²) in [7, 11) is 0. The number of nitrogens with zero attached hydrogens (tertiary/aromatic N) is 3. The van der Waals surface area contributed by atoms with Crippen LogP contribution in [0.2, 0.25) is 0 Å². The normalized spacial score (nSPS) is 13.9. The first-order chi connectivity index (χ1) is 14.0. The first-order valence-electron chi connectivity index (χ1n) is 9.29. The molecule has 0 saturated heterocycles. The van der Waals surface area contributed by atoms with Gasteiger partial charge in [0.25, 0.3) is 5.91 Å². The number of hydrogen-bond donors (Lipinski definition) is 1. The molecule has 7 heteroatoms. The standard InChI is InChI=1S/C22H20N4O3/c1-14-3-4-15(2)19(11-14)26-21(27)10-9-18(25-26)22(28)24-17-7-5-16(6-8-17)20-12-23-13-29-20/h3-8,11-13H,9-10H2,1-2H3,(H,24,28). The highest BCUT2D eigenvalue weighted by atomic mass is 16.3. The lowest BCUT2D eigenvalue weighted by Crippen LogP contribution is -2.36. The lowest BCUT2D eigenvalue weighted by molar-refractivity contribution is -0.118. The van der Waals surface area contributed by atoms with Gasteiger partial charge in [-0.1, -0.05) is 12.1 Å². The van der Waals surface area contributed by atoms with Crippen LogP contribution in [0, 0.1) is 13.8 Å². The molecule has 0 saturated carbocycles. The van der Waals surface area contributed by atoms with Crippen LogP contribution in [-0.2, 0) is 9.59 Å². The van der Waals surface area contributed by atoms with Crippen LogP contribution >= 0.6 is 0 Å². The van der Waals surface area contributed by atoms with Gasteiger partial charge in [0.05, 0.1) is 11.9 Å². The Kier molecular flexibility index (Phi) is 4.95. The molecule has 0 aliphatic carbocycles. The monoisotopic (exact) mass is 388 g/mol. The van der Waals surface area contributed by atoms with Gasteiger partial charge in [0.2, 0.25) is 5.91 Å². The van der Waals surface area contributed by atoms with E-state index in [-0.39, 0.29) is 18.2 Å². The third kappa shape index (κ3) is 3.94. The zero-order chi connectivity index (χ0) is 20.4. The Bertz CT molecular complexity index is 1090. The fourth-order valence-electron chi connectivity index (χ4n) is 3.13. The Morgan fingerprint density at radius 3 is 2.62 bits per heavy atom. The molecule has 2 aromatic carbocycles. The summed E-state index contributed by atoms with van der Waals surface area (Å²) >= 11 is 0. The van der Waals surface area contributed by atoms with Crippen LogP contribution in [0.1, 0.15) is 24.0 Å². The molecular formula is C22H20N4O3. The summed E-state index contributed by atoms with van der Waals surface area (Å²) in [4.78, 5) is 29.0. The minimum Gasteiger partial charge on any atom is -0.444 e. The van der Waals surface area contributed by atoms with Crippen molar-refractivity contribution in [3.63, 3.8) is 0 Å². The van der Waals surface area contributed by atoms with Crippen molar-refractivity contribution in [1.82, 2.24) is 4.98 Å². The van der Waals surface area contributed by atoms with Crippen molar-refractivity contribution in [2.75, 3.05) is 10.3 Å². The highest BCUT2D eigenvalue weighted by molar-refractivity contribution is 6.44. The Morgan fingerprint density at radius 1 is 1.10 bits per heavy atom. The van der Waals surface area contributed by atoms with E-state index in [1.165, 1.54) is 11.4 Å². The summed E-state index contributed by atoms with van der Waals surface area (Å²) in [5.41, 5.74) is 4.48. The van der Waals surface area contributed by atoms with Crippen molar-refractivity contribution < 1.29 is 14.0 Å². The maximum atomic E-state index is 12.7. The van der Waals surface area contributed by atoms with Crippen LogP contribution in [0.5, 0.6) is 0 Å². The van der Waals surface area contributed by atoms with E-state index in [4.69, 9.17) is 4.42 Å². The second kappa shape index (κ2) is 7.71. The number of amides is 2. The molecule has 1 aliphatic rings.